The zero-order valence-electron chi connectivity index (χ0n) is 21.7. The Kier molecular flexibility index (Phi) is 9.09. The van der Waals surface area contributed by atoms with E-state index >= 15 is 0 Å². The highest BCUT2D eigenvalue weighted by molar-refractivity contribution is 5.96. The van der Waals surface area contributed by atoms with Gasteiger partial charge in [-0.05, 0) is 62.7 Å². The summed E-state index contributed by atoms with van der Waals surface area (Å²) in [6.07, 6.45) is 2.81. The largest absolute Gasteiger partial charge is 0.490 e. The maximum absolute atomic E-state index is 13.3. The molecule has 1 aromatic heterocycles. The Labute approximate surface area is 220 Å². The molecular weight excluding hydrogens is 488 g/mol. The van der Waals surface area contributed by atoms with Gasteiger partial charge in [-0.3, -0.25) is 30.6 Å². The monoisotopic (exact) mass is 520 g/mol. The van der Waals surface area contributed by atoms with Crippen LogP contribution >= 0.6 is 0 Å². The second-order valence-electron chi connectivity index (χ2n) is 8.71. The molecule has 2 aromatic carbocycles. The van der Waals surface area contributed by atoms with Crippen LogP contribution in [0.1, 0.15) is 48.3 Å². The number of nitrogen functional groups attached to an aromatic ring is 1. The van der Waals surface area contributed by atoms with Gasteiger partial charge in [0.2, 0.25) is 0 Å². The van der Waals surface area contributed by atoms with Crippen LogP contribution in [-0.2, 0) is 11.8 Å². The Balaban J connectivity index is 1.91. The fraction of sp³-hybridized carbons (Fsp3) is 0.259. The Morgan fingerprint density at radius 1 is 1.05 bits per heavy atom. The summed E-state index contributed by atoms with van der Waals surface area (Å²) < 4.78 is 13.1. The Morgan fingerprint density at radius 2 is 1.76 bits per heavy atom. The number of hydrogen-bond donors (Lipinski definition) is 5. The number of pyridine rings is 1. The lowest BCUT2D eigenvalue weighted by Gasteiger charge is -2.22. The summed E-state index contributed by atoms with van der Waals surface area (Å²) in [5.74, 6) is -0.435. The molecule has 0 aliphatic carbocycles. The number of hydrazine groups is 1. The molecule has 6 N–H and O–H groups in total. The standard InChI is InChI=1S/C27H32N6O5/c1-5-37-23-14-18(8-11-22(23)38-16(2)3)24(30-19-9-6-17(7-10-19)25(28)29)27(36)32-31-26(35)20-15-33(4)13-12-21(20)34/h6-16,24,30H,5H2,1-4H3,(H3,28,29)(H,31,35)(H,32,36). The van der Waals surface area contributed by atoms with Crippen molar-refractivity contribution in [3.63, 3.8) is 0 Å². The third-order valence-corrected chi connectivity index (χ3v) is 5.34. The van der Waals surface area contributed by atoms with Crippen molar-refractivity contribution in [2.75, 3.05) is 11.9 Å². The molecule has 0 saturated heterocycles. The topological polar surface area (TPSA) is 161 Å². The first-order valence-corrected chi connectivity index (χ1v) is 12.0. The van der Waals surface area contributed by atoms with Gasteiger partial charge < -0.3 is 25.1 Å². The van der Waals surface area contributed by atoms with Crippen LogP contribution < -0.4 is 36.8 Å². The van der Waals surface area contributed by atoms with Crippen molar-refractivity contribution in [1.82, 2.24) is 15.4 Å². The summed E-state index contributed by atoms with van der Waals surface area (Å²) in [5.41, 5.74) is 11.3. The number of amidine groups is 1. The van der Waals surface area contributed by atoms with Gasteiger partial charge in [-0.25, -0.2) is 0 Å². The summed E-state index contributed by atoms with van der Waals surface area (Å²) in [5, 5.41) is 10.7. The van der Waals surface area contributed by atoms with Crippen molar-refractivity contribution in [2.45, 2.75) is 32.9 Å². The van der Waals surface area contributed by atoms with E-state index in [1.165, 1.54) is 18.5 Å². The van der Waals surface area contributed by atoms with Crippen LogP contribution in [0, 0.1) is 5.41 Å². The lowest BCUT2D eigenvalue weighted by Crippen LogP contribution is -2.46. The number of nitrogens with two attached hydrogens (primary N) is 1. The number of benzene rings is 2. The van der Waals surface area contributed by atoms with Crippen LogP contribution in [0.3, 0.4) is 0 Å². The number of anilines is 1. The number of carbonyl (C=O) groups is 2. The average Bonchev–Trinajstić information content (AvgIpc) is 2.88. The highest BCUT2D eigenvalue weighted by Crippen LogP contribution is 2.32. The van der Waals surface area contributed by atoms with E-state index in [0.29, 0.717) is 34.9 Å². The third-order valence-electron chi connectivity index (χ3n) is 5.34. The van der Waals surface area contributed by atoms with Crippen LogP contribution in [0.25, 0.3) is 0 Å². The molecule has 1 unspecified atom stereocenters. The van der Waals surface area contributed by atoms with E-state index in [1.807, 2.05) is 20.8 Å². The second kappa shape index (κ2) is 12.4. The number of aryl methyl sites for hydroxylation is 1. The lowest BCUT2D eigenvalue weighted by atomic mass is 10.0. The average molecular weight is 521 g/mol. The maximum Gasteiger partial charge on any atom is 0.275 e. The van der Waals surface area contributed by atoms with E-state index in [-0.39, 0.29) is 17.5 Å². The van der Waals surface area contributed by atoms with Gasteiger partial charge >= 0.3 is 0 Å². The molecular formula is C27H32N6O5. The van der Waals surface area contributed by atoms with Crippen molar-refractivity contribution < 1.29 is 19.1 Å². The number of nitrogens with zero attached hydrogens (tertiary/aromatic N) is 1. The molecule has 11 heteroatoms. The van der Waals surface area contributed by atoms with Crippen LogP contribution in [0.2, 0.25) is 0 Å². The van der Waals surface area contributed by atoms with E-state index in [2.05, 4.69) is 16.2 Å². The first-order chi connectivity index (χ1) is 18.1. The van der Waals surface area contributed by atoms with Gasteiger partial charge in [-0.15, -0.1) is 0 Å². The smallest absolute Gasteiger partial charge is 0.275 e. The number of hydrogen-bond acceptors (Lipinski definition) is 7. The molecule has 200 valence electrons. The predicted molar refractivity (Wildman–Crippen MR) is 144 cm³/mol. The van der Waals surface area contributed by atoms with E-state index in [4.69, 9.17) is 20.6 Å². The predicted octanol–water partition coefficient (Wildman–Crippen LogP) is 2.47. The number of aromatic nitrogens is 1. The highest BCUT2D eigenvalue weighted by atomic mass is 16.5. The molecule has 3 aromatic rings. The van der Waals surface area contributed by atoms with Crippen molar-refractivity contribution in [3.8, 4) is 11.5 Å². The van der Waals surface area contributed by atoms with E-state index in [1.54, 1.807) is 54.1 Å². The minimum absolute atomic E-state index is 0.0808. The number of nitrogens with one attached hydrogen (secondary N) is 4. The van der Waals surface area contributed by atoms with Gasteiger partial charge in [0.15, 0.2) is 16.9 Å². The third kappa shape index (κ3) is 7.12. The van der Waals surface area contributed by atoms with Crippen molar-refractivity contribution in [1.29, 1.82) is 5.41 Å². The molecule has 0 aliphatic rings. The SMILES string of the molecule is CCOc1cc(C(Nc2ccc(C(=N)N)cc2)C(=O)NNC(=O)c2cn(C)ccc2=O)ccc1OC(C)C. The van der Waals surface area contributed by atoms with Crippen molar-refractivity contribution in [3.05, 3.63) is 87.8 Å². The van der Waals surface area contributed by atoms with E-state index in [9.17, 15) is 14.4 Å². The molecule has 0 radical (unpaired) electrons. The lowest BCUT2D eigenvalue weighted by molar-refractivity contribution is -0.122. The zero-order valence-corrected chi connectivity index (χ0v) is 21.7. The van der Waals surface area contributed by atoms with Crippen LogP contribution in [0.15, 0.2) is 65.7 Å². The van der Waals surface area contributed by atoms with Crippen LogP contribution in [-0.4, -0.2) is 34.9 Å². The summed E-state index contributed by atoms with van der Waals surface area (Å²) in [4.78, 5) is 38.0. The highest BCUT2D eigenvalue weighted by Gasteiger charge is 2.24. The van der Waals surface area contributed by atoms with Crippen molar-refractivity contribution in [2.24, 2.45) is 12.8 Å². The zero-order chi connectivity index (χ0) is 27.8. The van der Waals surface area contributed by atoms with Gasteiger partial charge in [0.25, 0.3) is 11.8 Å². The Hall–Kier alpha value is -4.80. The van der Waals surface area contributed by atoms with Gasteiger partial charge in [0, 0.05) is 36.8 Å². The molecule has 0 saturated carbocycles. The Morgan fingerprint density at radius 3 is 2.39 bits per heavy atom. The Bertz CT molecular complexity index is 1370. The van der Waals surface area contributed by atoms with E-state index < -0.39 is 23.3 Å². The van der Waals surface area contributed by atoms with Crippen LogP contribution in [0.5, 0.6) is 11.5 Å². The first kappa shape index (κ1) is 27.8. The van der Waals surface area contributed by atoms with E-state index in [0.717, 1.165) is 0 Å². The fourth-order valence-corrected chi connectivity index (χ4v) is 3.55. The van der Waals surface area contributed by atoms with Crippen molar-refractivity contribution >= 4 is 23.3 Å². The van der Waals surface area contributed by atoms with Gasteiger partial charge in [-0.1, -0.05) is 6.07 Å². The molecule has 1 heterocycles. The molecule has 38 heavy (non-hydrogen) atoms. The summed E-state index contributed by atoms with van der Waals surface area (Å²) in [7, 11) is 1.68. The molecule has 0 fully saturated rings. The van der Waals surface area contributed by atoms with Gasteiger partial charge in [0.05, 0.1) is 12.7 Å². The van der Waals surface area contributed by atoms with Gasteiger partial charge in [0.1, 0.15) is 17.4 Å². The molecule has 0 spiro atoms. The minimum Gasteiger partial charge on any atom is -0.490 e. The molecule has 2 amide bonds. The summed E-state index contributed by atoms with van der Waals surface area (Å²) >= 11 is 0. The molecule has 3 rings (SSSR count). The second-order valence-corrected chi connectivity index (χ2v) is 8.71. The number of carbonyl (C=O) groups excluding carboxylic acids is 2. The number of ether oxygens (including phenoxy) is 2. The molecule has 11 nitrogen and oxygen atoms in total. The first-order valence-electron chi connectivity index (χ1n) is 12.0. The normalized spacial score (nSPS) is 11.4. The molecule has 1 atom stereocenters. The maximum atomic E-state index is 13.3. The number of rotatable bonds is 10. The fourth-order valence-electron chi connectivity index (χ4n) is 3.55. The minimum atomic E-state index is -0.982. The van der Waals surface area contributed by atoms with Crippen LogP contribution in [0.4, 0.5) is 5.69 Å². The molecule has 0 bridgehead atoms. The summed E-state index contributed by atoms with van der Waals surface area (Å²) in [6, 6.07) is 12.1. The molecule has 0 aliphatic heterocycles. The summed E-state index contributed by atoms with van der Waals surface area (Å²) in [6.45, 7) is 6.02. The van der Waals surface area contributed by atoms with Gasteiger partial charge in [-0.2, -0.15) is 0 Å². The quantitative estimate of drug-likeness (QED) is 0.156. The number of amides is 2.